The first-order chi connectivity index (χ1) is 15.2. The van der Waals surface area contributed by atoms with Crippen LogP contribution in [0.15, 0.2) is 18.2 Å². The summed E-state index contributed by atoms with van der Waals surface area (Å²) in [6.07, 6.45) is -6.14. The number of piperidine rings is 1. The third kappa shape index (κ3) is 5.99. The lowest BCUT2D eigenvalue weighted by Crippen LogP contribution is -2.52. The van der Waals surface area contributed by atoms with Gasteiger partial charge in [-0.1, -0.05) is 0 Å². The van der Waals surface area contributed by atoms with Gasteiger partial charge in [-0.3, -0.25) is 4.79 Å². The molecule has 2 saturated heterocycles. The van der Waals surface area contributed by atoms with Crippen LogP contribution in [0.4, 0.5) is 26.3 Å². The van der Waals surface area contributed by atoms with Crippen molar-refractivity contribution in [2.75, 3.05) is 31.6 Å². The smallest absolute Gasteiger partial charge is 0.342 e. The van der Waals surface area contributed by atoms with Crippen LogP contribution in [0.1, 0.15) is 56.2 Å². The minimum absolute atomic E-state index is 0.0905. The van der Waals surface area contributed by atoms with E-state index in [0.29, 0.717) is 18.2 Å². The average molecular weight is 497 g/mol. The number of benzene rings is 1. The van der Waals surface area contributed by atoms with Gasteiger partial charge in [0.25, 0.3) is 0 Å². The monoisotopic (exact) mass is 496 g/mol. The van der Waals surface area contributed by atoms with Gasteiger partial charge in [-0.25, -0.2) is 0 Å². The molecule has 0 bridgehead atoms. The van der Waals surface area contributed by atoms with Crippen LogP contribution in [-0.4, -0.2) is 59.4 Å². The van der Waals surface area contributed by atoms with Crippen molar-refractivity contribution in [2.45, 2.75) is 69.4 Å². The van der Waals surface area contributed by atoms with E-state index in [9.17, 15) is 31.1 Å². The zero-order valence-electron chi connectivity index (χ0n) is 19.0. The van der Waals surface area contributed by atoms with Crippen molar-refractivity contribution in [1.29, 1.82) is 0 Å². The Balaban J connectivity index is 1.77. The summed E-state index contributed by atoms with van der Waals surface area (Å²) in [7, 11) is 1.60. The lowest BCUT2D eigenvalue weighted by molar-refractivity contribution is -0.144. The standard InChI is InChI=1S/C23H30F6N2OS/c1-21(2,15-12-16(22(24,25)26)14-17(13-15)23(27,28)29)20(32)30(3)18-4-8-31(9-5-18)19-6-10-33-11-7-19/h12-14,18-19H,4-11H2,1-3H3. The minimum Gasteiger partial charge on any atom is -0.342 e. The number of rotatable bonds is 4. The summed E-state index contributed by atoms with van der Waals surface area (Å²) in [6, 6.07) is 1.86. The van der Waals surface area contributed by atoms with Crippen molar-refractivity contribution >= 4 is 17.7 Å². The molecule has 0 aliphatic carbocycles. The number of nitrogens with zero attached hydrogens (tertiary/aromatic N) is 2. The van der Waals surface area contributed by atoms with Gasteiger partial charge < -0.3 is 9.80 Å². The summed E-state index contributed by atoms with van der Waals surface area (Å²) in [5, 5.41) is 0. The summed E-state index contributed by atoms with van der Waals surface area (Å²) in [6.45, 7) is 4.44. The molecule has 0 radical (unpaired) electrons. The molecule has 3 nitrogen and oxygen atoms in total. The second-order valence-electron chi connectivity index (χ2n) is 9.45. The van der Waals surface area contributed by atoms with Gasteiger partial charge in [0.05, 0.1) is 16.5 Å². The van der Waals surface area contributed by atoms with Crippen LogP contribution in [0.25, 0.3) is 0 Å². The predicted molar refractivity (Wildman–Crippen MR) is 117 cm³/mol. The molecule has 3 rings (SSSR count). The Morgan fingerprint density at radius 1 is 0.879 bits per heavy atom. The molecule has 0 N–H and O–H groups in total. The lowest BCUT2D eigenvalue weighted by Gasteiger charge is -2.43. The lowest BCUT2D eigenvalue weighted by atomic mass is 9.80. The number of carbonyl (C=O) groups is 1. The first-order valence-electron chi connectivity index (χ1n) is 11.1. The van der Waals surface area contributed by atoms with Gasteiger partial charge in [0.2, 0.25) is 5.91 Å². The molecule has 0 atom stereocenters. The highest BCUT2D eigenvalue weighted by molar-refractivity contribution is 7.99. The molecular weight excluding hydrogens is 466 g/mol. The Kier molecular flexibility index (Phi) is 7.68. The molecule has 0 aromatic heterocycles. The highest BCUT2D eigenvalue weighted by atomic mass is 32.2. The average Bonchev–Trinajstić information content (AvgIpc) is 2.77. The van der Waals surface area contributed by atoms with Gasteiger partial charge in [-0.2, -0.15) is 38.1 Å². The summed E-state index contributed by atoms with van der Waals surface area (Å²) in [4.78, 5) is 17.3. The summed E-state index contributed by atoms with van der Waals surface area (Å²) >= 11 is 1.96. The van der Waals surface area contributed by atoms with Crippen molar-refractivity contribution in [3.05, 3.63) is 34.9 Å². The molecule has 0 saturated carbocycles. The Morgan fingerprint density at radius 2 is 1.33 bits per heavy atom. The molecule has 2 heterocycles. The fraction of sp³-hybridized carbons (Fsp3) is 0.696. The third-order valence-electron chi connectivity index (χ3n) is 6.92. The number of carbonyl (C=O) groups excluding carboxylic acids is 1. The summed E-state index contributed by atoms with van der Waals surface area (Å²) in [5.41, 5.74) is -4.66. The summed E-state index contributed by atoms with van der Waals surface area (Å²) < 4.78 is 79.8. The molecule has 1 amide bonds. The van der Waals surface area contributed by atoms with E-state index in [1.807, 2.05) is 11.8 Å². The molecule has 1 aromatic carbocycles. The molecular formula is C23H30F6N2OS. The zero-order chi connectivity index (χ0) is 24.6. The largest absolute Gasteiger partial charge is 0.416 e. The minimum atomic E-state index is -4.95. The van der Waals surface area contributed by atoms with Gasteiger partial charge in [-0.15, -0.1) is 0 Å². The Hall–Kier alpha value is -1.42. The van der Waals surface area contributed by atoms with Crippen molar-refractivity contribution < 1.29 is 31.1 Å². The maximum atomic E-state index is 13.3. The fourth-order valence-corrected chi connectivity index (χ4v) is 5.82. The van der Waals surface area contributed by atoms with Crippen LogP contribution in [0.3, 0.4) is 0 Å². The molecule has 2 fully saturated rings. The molecule has 33 heavy (non-hydrogen) atoms. The van der Waals surface area contributed by atoms with E-state index in [-0.39, 0.29) is 17.7 Å². The van der Waals surface area contributed by atoms with Crippen LogP contribution in [-0.2, 0) is 22.6 Å². The summed E-state index contributed by atoms with van der Waals surface area (Å²) in [5.74, 6) is 1.81. The maximum Gasteiger partial charge on any atom is 0.416 e. The fourth-order valence-electron chi connectivity index (χ4n) is 4.73. The Morgan fingerprint density at radius 3 is 1.79 bits per heavy atom. The first-order valence-corrected chi connectivity index (χ1v) is 12.3. The Labute approximate surface area is 194 Å². The van der Waals surface area contributed by atoms with E-state index in [0.717, 1.165) is 50.3 Å². The molecule has 1 aromatic rings. The van der Waals surface area contributed by atoms with Crippen LogP contribution in [0.5, 0.6) is 0 Å². The van der Waals surface area contributed by atoms with Crippen LogP contribution in [0.2, 0.25) is 0 Å². The van der Waals surface area contributed by atoms with Crippen molar-refractivity contribution in [3.63, 3.8) is 0 Å². The van der Waals surface area contributed by atoms with Gasteiger partial charge in [0.1, 0.15) is 0 Å². The number of thioether (sulfide) groups is 1. The van der Waals surface area contributed by atoms with Gasteiger partial charge in [0.15, 0.2) is 0 Å². The van der Waals surface area contributed by atoms with E-state index in [2.05, 4.69) is 4.90 Å². The van der Waals surface area contributed by atoms with Crippen LogP contribution >= 0.6 is 11.8 Å². The van der Waals surface area contributed by atoms with Crippen molar-refractivity contribution in [2.24, 2.45) is 0 Å². The number of alkyl halides is 6. The second-order valence-corrected chi connectivity index (χ2v) is 10.7. The molecule has 2 aliphatic rings. The topological polar surface area (TPSA) is 23.6 Å². The zero-order valence-corrected chi connectivity index (χ0v) is 19.8. The molecule has 0 unspecified atom stereocenters. The van der Waals surface area contributed by atoms with E-state index < -0.39 is 34.8 Å². The molecule has 10 heteroatoms. The SMILES string of the molecule is CN(C(=O)C(C)(C)c1cc(C(F)(F)F)cc(C(F)(F)F)c1)C1CCN(C2CCSCC2)CC1. The second kappa shape index (κ2) is 9.68. The quantitative estimate of drug-likeness (QED) is 0.491. The predicted octanol–water partition coefficient (Wildman–Crippen LogP) is 5.82. The van der Waals surface area contributed by atoms with Crippen molar-refractivity contribution in [3.8, 4) is 0 Å². The van der Waals surface area contributed by atoms with Gasteiger partial charge >= 0.3 is 12.4 Å². The van der Waals surface area contributed by atoms with Crippen LogP contribution in [0, 0.1) is 0 Å². The number of halogens is 6. The van der Waals surface area contributed by atoms with Crippen LogP contribution < -0.4 is 0 Å². The number of hydrogen-bond donors (Lipinski definition) is 0. The van der Waals surface area contributed by atoms with Crippen molar-refractivity contribution in [1.82, 2.24) is 9.80 Å². The normalized spacial score (nSPS) is 20.2. The third-order valence-corrected chi connectivity index (χ3v) is 7.97. The number of likely N-dealkylation sites (tertiary alicyclic amines) is 1. The molecule has 2 aliphatic heterocycles. The molecule has 0 spiro atoms. The number of hydrogen-bond acceptors (Lipinski definition) is 3. The Bertz CT molecular complexity index is 808. The van der Waals surface area contributed by atoms with E-state index in [1.54, 1.807) is 7.05 Å². The van der Waals surface area contributed by atoms with E-state index >= 15 is 0 Å². The highest BCUT2D eigenvalue weighted by Crippen LogP contribution is 2.39. The number of likely N-dealkylation sites (N-methyl/N-ethyl adjacent to an activating group) is 1. The van der Waals surface area contributed by atoms with Gasteiger partial charge in [0, 0.05) is 32.2 Å². The maximum absolute atomic E-state index is 13.3. The molecule has 186 valence electrons. The van der Waals surface area contributed by atoms with Gasteiger partial charge in [-0.05, 0) is 74.8 Å². The van der Waals surface area contributed by atoms with E-state index in [1.165, 1.54) is 18.7 Å². The van der Waals surface area contributed by atoms with E-state index in [4.69, 9.17) is 0 Å². The first kappa shape index (κ1) is 26.2. The number of amides is 1. The highest BCUT2D eigenvalue weighted by Gasteiger charge is 2.42.